The van der Waals surface area contributed by atoms with E-state index in [1.54, 1.807) is 11.0 Å². The van der Waals surface area contributed by atoms with Gasteiger partial charge in [0.2, 0.25) is 5.13 Å². The molecule has 2 aromatic carbocycles. The number of thiazole rings is 1. The fourth-order valence-electron chi connectivity index (χ4n) is 2.70. The summed E-state index contributed by atoms with van der Waals surface area (Å²) in [6.45, 7) is 4.67. The first kappa shape index (κ1) is 18.1. The normalized spacial score (nSPS) is 11.6. The van der Waals surface area contributed by atoms with Gasteiger partial charge in [-0.15, -0.1) is 11.3 Å². The van der Waals surface area contributed by atoms with E-state index >= 15 is 0 Å². The highest BCUT2D eigenvalue weighted by atomic mass is 32.1. The highest BCUT2D eigenvalue weighted by molar-refractivity contribution is 7.14. The topological polar surface area (TPSA) is 68.0 Å². The molecule has 2 heterocycles. The van der Waals surface area contributed by atoms with E-state index in [0.717, 1.165) is 27.7 Å². The predicted octanol–water partition coefficient (Wildman–Crippen LogP) is 4.53. The molecule has 0 aliphatic carbocycles. The third-order valence-corrected chi connectivity index (χ3v) is 5.05. The molecule has 140 valence electrons. The van der Waals surface area contributed by atoms with E-state index in [4.69, 9.17) is 0 Å². The molecule has 0 fully saturated rings. The van der Waals surface area contributed by atoms with Crippen LogP contribution in [0.5, 0.6) is 0 Å². The van der Waals surface area contributed by atoms with Crippen molar-refractivity contribution in [2.45, 2.75) is 20.4 Å². The quantitative estimate of drug-likeness (QED) is 0.389. The Bertz CT molecular complexity index is 1060. The van der Waals surface area contributed by atoms with Gasteiger partial charge in [-0.05, 0) is 19.4 Å². The van der Waals surface area contributed by atoms with Crippen LogP contribution >= 0.6 is 11.3 Å². The van der Waals surface area contributed by atoms with Crippen molar-refractivity contribution in [3.63, 3.8) is 0 Å². The van der Waals surface area contributed by atoms with Gasteiger partial charge in [0.05, 0.1) is 18.0 Å². The molecule has 0 radical (unpaired) electrons. The van der Waals surface area contributed by atoms with Crippen LogP contribution in [0.4, 0.5) is 5.13 Å². The van der Waals surface area contributed by atoms with Crippen molar-refractivity contribution in [3.8, 4) is 11.3 Å². The summed E-state index contributed by atoms with van der Waals surface area (Å²) in [4.78, 5) is 8.66. The molecule has 0 atom stereocenters. The first-order chi connectivity index (χ1) is 13.7. The Morgan fingerprint density at radius 3 is 2.43 bits per heavy atom. The van der Waals surface area contributed by atoms with Gasteiger partial charge < -0.3 is 0 Å². The first-order valence-corrected chi connectivity index (χ1v) is 9.80. The van der Waals surface area contributed by atoms with Crippen molar-refractivity contribution >= 4 is 22.2 Å². The highest BCUT2D eigenvalue weighted by Gasteiger charge is 2.08. The number of hydrogen-bond donors (Lipinski definition) is 1. The summed E-state index contributed by atoms with van der Waals surface area (Å²) in [6, 6.07) is 16.6. The summed E-state index contributed by atoms with van der Waals surface area (Å²) in [7, 11) is 0. The lowest BCUT2D eigenvalue weighted by Crippen LogP contribution is -2.14. The Kier molecular flexibility index (Phi) is 5.25. The van der Waals surface area contributed by atoms with Crippen LogP contribution in [-0.4, -0.2) is 25.5 Å². The summed E-state index contributed by atoms with van der Waals surface area (Å²) in [5.74, 6) is 0. The van der Waals surface area contributed by atoms with Gasteiger partial charge in [0.1, 0.15) is 12.7 Å². The fraction of sp³-hybridized carbons (Fsp3) is 0.143. The number of aromatic nitrogens is 4. The third kappa shape index (κ3) is 4.32. The van der Waals surface area contributed by atoms with Gasteiger partial charge in [0.15, 0.2) is 0 Å². The maximum atomic E-state index is 4.65. The van der Waals surface area contributed by atoms with E-state index in [9.17, 15) is 0 Å². The number of nitrogens with one attached hydrogen (secondary N) is 1. The summed E-state index contributed by atoms with van der Waals surface area (Å²) in [5, 5.41) is 11.6. The Morgan fingerprint density at radius 1 is 1.04 bits per heavy atom. The van der Waals surface area contributed by atoms with Crippen molar-refractivity contribution < 1.29 is 0 Å². The Hall–Kier alpha value is -3.32. The number of rotatable bonds is 6. The summed E-state index contributed by atoms with van der Waals surface area (Å²) in [5.41, 5.74) is 9.48. The van der Waals surface area contributed by atoms with Crippen molar-refractivity contribution in [2.75, 3.05) is 5.43 Å². The molecule has 7 heteroatoms. The molecule has 0 spiro atoms. The molecule has 0 amide bonds. The van der Waals surface area contributed by atoms with Crippen molar-refractivity contribution in [1.29, 1.82) is 0 Å². The van der Waals surface area contributed by atoms with E-state index < -0.39 is 0 Å². The molecule has 1 N–H and O–H groups in total. The first-order valence-electron chi connectivity index (χ1n) is 8.92. The number of hydrogen-bond acceptors (Lipinski definition) is 6. The monoisotopic (exact) mass is 388 g/mol. The standard InChI is InChI=1S/C21H20N6S/c1-15-3-7-17(8-4-15)19(11-27-14-22-13-23-27)25-26-21-24-20(12-28-21)18-9-5-16(2)6-10-18/h3-10,12-14H,11H2,1-2H3,(H,24,26)/b25-19+. The zero-order valence-electron chi connectivity index (χ0n) is 15.7. The van der Waals surface area contributed by atoms with Crippen LogP contribution in [0.25, 0.3) is 11.3 Å². The van der Waals surface area contributed by atoms with E-state index in [1.807, 2.05) is 5.38 Å². The Balaban J connectivity index is 1.56. The number of benzene rings is 2. The smallest absolute Gasteiger partial charge is 0.203 e. The largest absolute Gasteiger partial charge is 0.252 e. The second kappa shape index (κ2) is 8.14. The number of anilines is 1. The van der Waals surface area contributed by atoms with Gasteiger partial charge in [-0.1, -0.05) is 59.7 Å². The zero-order chi connectivity index (χ0) is 19.3. The second-order valence-corrected chi connectivity index (χ2v) is 7.39. The van der Waals surface area contributed by atoms with E-state index in [-0.39, 0.29) is 0 Å². The van der Waals surface area contributed by atoms with Gasteiger partial charge in [-0.3, -0.25) is 5.43 Å². The molecule has 0 bridgehead atoms. The Morgan fingerprint density at radius 2 is 1.75 bits per heavy atom. The van der Waals surface area contributed by atoms with E-state index in [2.05, 4.69) is 88.0 Å². The third-order valence-electron chi connectivity index (χ3n) is 4.30. The van der Waals surface area contributed by atoms with Crippen LogP contribution in [0.1, 0.15) is 16.7 Å². The maximum absolute atomic E-state index is 4.65. The average molecular weight is 389 g/mol. The van der Waals surface area contributed by atoms with Gasteiger partial charge >= 0.3 is 0 Å². The van der Waals surface area contributed by atoms with Crippen molar-refractivity contribution in [2.24, 2.45) is 5.10 Å². The lowest BCUT2D eigenvalue weighted by atomic mass is 10.1. The van der Waals surface area contributed by atoms with Gasteiger partial charge in [0.25, 0.3) is 0 Å². The van der Waals surface area contributed by atoms with Gasteiger partial charge in [0, 0.05) is 10.9 Å². The summed E-state index contributed by atoms with van der Waals surface area (Å²) >= 11 is 1.53. The van der Waals surface area contributed by atoms with E-state index in [1.165, 1.54) is 28.8 Å². The minimum absolute atomic E-state index is 0.520. The molecule has 4 rings (SSSR count). The number of hydrazone groups is 1. The molecule has 0 saturated heterocycles. The minimum atomic E-state index is 0.520. The second-order valence-electron chi connectivity index (χ2n) is 6.53. The Labute approximate surface area is 167 Å². The van der Waals surface area contributed by atoms with Crippen LogP contribution < -0.4 is 5.43 Å². The maximum Gasteiger partial charge on any atom is 0.203 e. The van der Waals surface area contributed by atoms with Gasteiger partial charge in [-0.2, -0.15) is 10.2 Å². The van der Waals surface area contributed by atoms with Crippen LogP contribution in [0.3, 0.4) is 0 Å². The summed E-state index contributed by atoms with van der Waals surface area (Å²) in [6.07, 6.45) is 3.21. The lowest BCUT2D eigenvalue weighted by molar-refractivity contribution is 0.721. The number of nitrogens with zero attached hydrogens (tertiary/aromatic N) is 5. The molecule has 28 heavy (non-hydrogen) atoms. The molecule has 0 aliphatic rings. The SMILES string of the molecule is Cc1ccc(/C(Cn2cncn2)=N/Nc2nc(-c3ccc(C)cc3)cs2)cc1. The lowest BCUT2D eigenvalue weighted by Gasteiger charge is -2.07. The molecule has 0 saturated carbocycles. The molecule has 0 unspecified atom stereocenters. The molecule has 6 nitrogen and oxygen atoms in total. The number of aryl methyl sites for hydroxylation is 2. The van der Waals surface area contributed by atoms with Gasteiger partial charge in [-0.25, -0.2) is 14.6 Å². The van der Waals surface area contributed by atoms with E-state index in [0.29, 0.717) is 6.54 Å². The molecular weight excluding hydrogens is 368 g/mol. The molecule has 4 aromatic rings. The van der Waals surface area contributed by atoms with Crippen LogP contribution in [0.15, 0.2) is 71.7 Å². The predicted molar refractivity (Wildman–Crippen MR) is 114 cm³/mol. The fourth-order valence-corrected chi connectivity index (χ4v) is 3.36. The van der Waals surface area contributed by atoms with Crippen LogP contribution in [0.2, 0.25) is 0 Å². The van der Waals surface area contributed by atoms with Crippen LogP contribution in [0, 0.1) is 13.8 Å². The molecule has 0 aliphatic heterocycles. The molecular formula is C21H20N6S. The van der Waals surface area contributed by atoms with Crippen molar-refractivity contribution in [3.05, 3.63) is 83.3 Å². The van der Waals surface area contributed by atoms with Crippen LogP contribution in [-0.2, 0) is 6.54 Å². The molecule has 2 aromatic heterocycles. The average Bonchev–Trinajstić information content (AvgIpc) is 3.38. The minimum Gasteiger partial charge on any atom is -0.252 e. The summed E-state index contributed by atoms with van der Waals surface area (Å²) < 4.78 is 1.75. The van der Waals surface area contributed by atoms with Crippen molar-refractivity contribution in [1.82, 2.24) is 19.7 Å². The zero-order valence-corrected chi connectivity index (χ0v) is 16.5. The highest BCUT2D eigenvalue weighted by Crippen LogP contribution is 2.25.